The van der Waals surface area contributed by atoms with Gasteiger partial charge in [0.25, 0.3) is 0 Å². The molecule has 3 nitrogen and oxygen atoms in total. The Hall–Kier alpha value is -3.50. The molecule has 3 aromatic carbocycles. The van der Waals surface area contributed by atoms with Crippen molar-refractivity contribution >= 4 is 38.7 Å². The number of rotatable bonds is 6. The molecule has 0 bridgehead atoms. The van der Waals surface area contributed by atoms with Crippen LogP contribution in [0.2, 0.25) is 0 Å². The number of carbonyl (C=O) groups is 1. The van der Waals surface area contributed by atoms with E-state index in [0.717, 1.165) is 38.8 Å². The number of fused-ring (bicyclic) bond motifs is 1. The fourth-order valence-corrected chi connectivity index (χ4v) is 4.22. The first-order valence-electron chi connectivity index (χ1n) is 9.78. The van der Waals surface area contributed by atoms with Crippen LogP contribution in [0, 0.1) is 0 Å². The van der Waals surface area contributed by atoms with Gasteiger partial charge in [0.15, 0.2) is 0 Å². The number of nitrogens with zero attached hydrogens (tertiary/aromatic N) is 1. The lowest BCUT2D eigenvalue weighted by atomic mass is 9.87. The van der Waals surface area contributed by atoms with Gasteiger partial charge in [0.2, 0.25) is 0 Å². The summed E-state index contributed by atoms with van der Waals surface area (Å²) in [7, 11) is 0. The molecule has 0 aliphatic heterocycles. The molecule has 1 aromatic heterocycles. The number of esters is 1. The molecular weight excluding hydrogens is 390 g/mol. The standard InChI is InChI=1S/C26H21NO2S/c1-3-21(18-10-6-5-7-11-18)26(19-14-15-24-20(16-19)17-27-30-24)22-12-8-9-13-23(22)29-25(28)4-2/h4-17H,2-3H2,1H3/b26-21+. The molecule has 0 radical (unpaired) electrons. The monoisotopic (exact) mass is 411 g/mol. The maximum Gasteiger partial charge on any atom is 0.335 e. The predicted molar refractivity (Wildman–Crippen MR) is 125 cm³/mol. The molecule has 0 unspecified atom stereocenters. The number of allylic oxidation sites excluding steroid dienone is 1. The van der Waals surface area contributed by atoms with E-state index in [0.29, 0.717) is 5.75 Å². The SMILES string of the molecule is C=CC(=O)Oc1ccccc1/C(=C(\CC)c1ccccc1)c1ccc2sncc2c1. The van der Waals surface area contributed by atoms with Crippen molar-refractivity contribution in [3.05, 3.63) is 108 Å². The van der Waals surface area contributed by atoms with Crippen molar-refractivity contribution in [2.24, 2.45) is 0 Å². The Balaban J connectivity index is 2.01. The van der Waals surface area contributed by atoms with Gasteiger partial charge >= 0.3 is 5.97 Å². The molecule has 148 valence electrons. The van der Waals surface area contributed by atoms with Gasteiger partial charge < -0.3 is 4.74 Å². The van der Waals surface area contributed by atoms with E-state index in [4.69, 9.17) is 4.74 Å². The average molecular weight is 412 g/mol. The summed E-state index contributed by atoms with van der Waals surface area (Å²) in [6.07, 6.45) is 3.89. The van der Waals surface area contributed by atoms with E-state index in [2.05, 4.69) is 48.2 Å². The average Bonchev–Trinajstić information content (AvgIpc) is 3.26. The summed E-state index contributed by atoms with van der Waals surface area (Å²) in [6, 6.07) is 24.3. The van der Waals surface area contributed by atoms with Crippen molar-refractivity contribution in [2.75, 3.05) is 0 Å². The number of hydrogen-bond acceptors (Lipinski definition) is 4. The normalized spacial score (nSPS) is 11.8. The fourth-order valence-electron chi connectivity index (χ4n) is 3.60. The molecular formula is C26H21NO2S. The van der Waals surface area contributed by atoms with Crippen molar-refractivity contribution in [1.82, 2.24) is 4.37 Å². The summed E-state index contributed by atoms with van der Waals surface area (Å²) in [5.41, 5.74) is 5.30. The summed E-state index contributed by atoms with van der Waals surface area (Å²) in [4.78, 5) is 12.0. The highest BCUT2D eigenvalue weighted by molar-refractivity contribution is 7.13. The van der Waals surface area contributed by atoms with Crippen LogP contribution in [0.15, 0.2) is 91.6 Å². The van der Waals surface area contributed by atoms with E-state index in [9.17, 15) is 4.79 Å². The van der Waals surface area contributed by atoms with Crippen LogP contribution in [0.25, 0.3) is 21.2 Å². The molecule has 0 spiro atoms. The summed E-state index contributed by atoms with van der Waals surface area (Å²) in [5.74, 6) is 0.0415. The predicted octanol–water partition coefficient (Wildman–Crippen LogP) is 6.76. The minimum Gasteiger partial charge on any atom is -0.423 e. The number of carbonyl (C=O) groups excluding carboxylic acids is 1. The summed E-state index contributed by atoms with van der Waals surface area (Å²) in [5, 5.41) is 1.10. The van der Waals surface area contributed by atoms with Crippen molar-refractivity contribution in [1.29, 1.82) is 0 Å². The minimum atomic E-state index is -0.475. The van der Waals surface area contributed by atoms with Gasteiger partial charge in [0.1, 0.15) is 5.75 Å². The molecule has 0 saturated carbocycles. The smallest absolute Gasteiger partial charge is 0.335 e. The van der Waals surface area contributed by atoms with Crippen molar-refractivity contribution < 1.29 is 9.53 Å². The van der Waals surface area contributed by atoms with Gasteiger partial charge in [-0.2, -0.15) is 4.37 Å². The van der Waals surface area contributed by atoms with E-state index < -0.39 is 5.97 Å². The Labute approximate surface area is 180 Å². The van der Waals surface area contributed by atoms with Gasteiger partial charge in [-0.05, 0) is 58.4 Å². The van der Waals surface area contributed by atoms with Crippen molar-refractivity contribution in [3.63, 3.8) is 0 Å². The highest BCUT2D eigenvalue weighted by atomic mass is 32.1. The zero-order chi connectivity index (χ0) is 20.9. The van der Waals surface area contributed by atoms with Crippen LogP contribution < -0.4 is 4.74 Å². The van der Waals surface area contributed by atoms with Gasteiger partial charge in [0, 0.05) is 23.2 Å². The third-order valence-corrected chi connectivity index (χ3v) is 5.73. The van der Waals surface area contributed by atoms with Crippen LogP contribution in [-0.2, 0) is 4.79 Å². The zero-order valence-corrected chi connectivity index (χ0v) is 17.5. The molecule has 0 aliphatic carbocycles. The first kappa shape index (κ1) is 19.8. The van der Waals surface area contributed by atoms with E-state index in [-0.39, 0.29) is 0 Å². The maximum absolute atomic E-state index is 12.0. The topological polar surface area (TPSA) is 39.2 Å². The highest BCUT2D eigenvalue weighted by Gasteiger charge is 2.18. The van der Waals surface area contributed by atoms with Crippen LogP contribution >= 0.6 is 11.5 Å². The molecule has 1 heterocycles. The van der Waals surface area contributed by atoms with Gasteiger partial charge in [-0.3, -0.25) is 0 Å². The third-order valence-electron chi connectivity index (χ3n) is 4.95. The summed E-state index contributed by atoms with van der Waals surface area (Å²) in [6.45, 7) is 5.67. The van der Waals surface area contributed by atoms with Gasteiger partial charge in [0.05, 0.1) is 4.70 Å². The molecule has 0 atom stereocenters. The Kier molecular flexibility index (Phi) is 5.87. The number of hydrogen-bond donors (Lipinski definition) is 0. The van der Waals surface area contributed by atoms with Gasteiger partial charge in [-0.15, -0.1) is 0 Å². The van der Waals surface area contributed by atoms with Crippen LogP contribution in [-0.4, -0.2) is 10.3 Å². The zero-order valence-electron chi connectivity index (χ0n) is 16.7. The van der Waals surface area contributed by atoms with Crippen LogP contribution in [0.1, 0.15) is 30.0 Å². The molecule has 0 saturated heterocycles. The van der Waals surface area contributed by atoms with E-state index in [1.807, 2.05) is 48.7 Å². The number of aromatic nitrogens is 1. The Bertz CT molecular complexity index is 1240. The quantitative estimate of drug-likeness (QED) is 0.152. The summed E-state index contributed by atoms with van der Waals surface area (Å²) < 4.78 is 11.1. The van der Waals surface area contributed by atoms with Gasteiger partial charge in [-0.25, -0.2) is 4.79 Å². The van der Waals surface area contributed by atoms with E-state index >= 15 is 0 Å². The van der Waals surface area contributed by atoms with Gasteiger partial charge in [-0.1, -0.05) is 68.1 Å². The first-order valence-corrected chi connectivity index (χ1v) is 10.6. The van der Waals surface area contributed by atoms with Crippen LogP contribution in [0.3, 0.4) is 0 Å². The Morgan fingerprint density at radius 3 is 2.57 bits per heavy atom. The number of benzene rings is 3. The van der Waals surface area contributed by atoms with E-state index in [1.165, 1.54) is 23.2 Å². The first-order chi connectivity index (χ1) is 14.7. The summed E-state index contributed by atoms with van der Waals surface area (Å²) >= 11 is 1.48. The lowest BCUT2D eigenvalue weighted by Gasteiger charge is -2.18. The molecule has 4 aromatic rings. The second kappa shape index (κ2) is 8.89. The largest absolute Gasteiger partial charge is 0.423 e. The van der Waals surface area contributed by atoms with Crippen molar-refractivity contribution in [2.45, 2.75) is 13.3 Å². The third kappa shape index (κ3) is 3.95. The Morgan fingerprint density at radius 1 is 1.03 bits per heavy atom. The second-order valence-electron chi connectivity index (χ2n) is 6.77. The maximum atomic E-state index is 12.0. The lowest BCUT2D eigenvalue weighted by Crippen LogP contribution is -2.06. The number of para-hydroxylation sites is 1. The van der Waals surface area contributed by atoms with Crippen LogP contribution in [0.5, 0.6) is 5.75 Å². The second-order valence-corrected chi connectivity index (χ2v) is 7.61. The van der Waals surface area contributed by atoms with Crippen molar-refractivity contribution in [3.8, 4) is 5.75 Å². The van der Waals surface area contributed by atoms with Crippen LogP contribution in [0.4, 0.5) is 0 Å². The fraction of sp³-hybridized carbons (Fsp3) is 0.0769. The van der Waals surface area contributed by atoms with E-state index in [1.54, 1.807) is 0 Å². The molecule has 4 rings (SSSR count). The molecule has 0 fully saturated rings. The lowest BCUT2D eigenvalue weighted by molar-refractivity contribution is -0.128. The molecule has 4 heteroatoms. The minimum absolute atomic E-state index is 0.475. The molecule has 30 heavy (non-hydrogen) atoms. The Morgan fingerprint density at radius 2 is 1.80 bits per heavy atom. The molecule has 0 N–H and O–H groups in total. The molecule has 0 amide bonds. The molecule has 0 aliphatic rings. The number of ether oxygens (including phenoxy) is 1. The highest BCUT2D eigenvalue weighted by Crippen LogP contribution is 2.39.